The van der Waals surface area contributed by atoms with E-state index in [1.54, 1.807) is 0 Å². The number of urea groups is 1. The van der Waals surface area contributed by atoms with E-state index in [2.05, 4.69) is 12.2 Å². The number of likely N-dealkylation sites (tertiary alicyclic amines) is 1. The lowest BCUT2D eigenvalue weighted by atomic mass is 9.94. The fourth-order valence-electron chi connectivity index (χ4n) is 2.72. The lowest BCUT2D eigenvalue weighted by Gasteiger charge is -2.33. The molecule has 1 heterocycles. The van der Waals surface area contributed by atoms with Gasteiger partial charge in [-0.2, -0.15) is 0 Å². The topological polar surface area (TPSA) is 49.4 Å². The largest absolute Gasteiger partial charge is 0.335 e. The first-order valence-electron chi connectivity index (χ1n) is 6.72. The average molecular weight is 238 g/mol. The second-order valence-corrected chi connectivity index (χ2v) is 5.46. The number of carbonyl (C=O) groups excluding carboxylic acids is 2. The maximum absolute atomic E-state index is 12.0. The zero-order valence-electron chi connectivity index (χ0n) is 10.6. The molecule has 0 radical (unpaired) electrons. The van der Waals surface area contributed by atoms with Crippen LogP contribution in [0.15, 0.2) is 0 Å². The molecule has 96 valence electrons. The molecule has 2 aliphatic rings. The monoisotopic (exact) mass is 238 g/mol. The van der Waals surface area contributed by atoms with Crippen LogP contribution in [0.1, 0.15) is 45.4 Å². The van der Waals surface area contributed by atoms with Gasteiger partial charge in [0.2, 0.25) is 0 Å². The minimum absolute atomic E-state index is 0.0656. The number of Topliss-reactive ketones (excluding diaryl/α,β-unsaturated/α-hetero) is 1. The van der Waals surface area contributed by atoms with Crippen molar-refractivity contribution >= 4 is 11.8 Å². The number of amides is 2. The van der Waals surface area contributed by atoms with Crippen LogP contribution in [0.5, 0.6) is 0 Å². The van der Waals surface area contributed by atoms with Gasteiger partial charge in [-0.25, -0.2) is 4.79 Å². The number of hydrogen-bond donors (Lipinski definition) is 1. The van der Waals surface area contributed by atoms with Crippen LogP contribution >= 0.6 is 0 Å². The van der Waals surface area contributed by atoms with Gasteiger partial charge in [0.25, 0.3) is 0 Å². The molecule has 1 atom stereocenters. The van der Waals surface area contributed by atoms with E-state index in [-0.39, 0.29) is 12.1 Å². The summed E-state index contributed by atoms with van der Waals surface area (Å²) in [5.74, 6) is 0.949. The van der Waals surface area contributed by atoms with Gasteiger partial charge in [0.15, 0.2) is 0 Å². The van der Waals surface area contributed by atoms with Gasteiger partial charge >= 0.3 is 6.03 Å². The highest BCUT2D eigenvalue weighted by Crippen LogP contribution is 2.18. The lowest BCUT2D eigenvalue weighted by Crippen LogP contribution is -2.49. The summed E-state index contributed by atoms with van der Waals surface area (Å²) in [5.41, 5.74) is 0. The molecular weight excluding hydrogens is 216 g/mol. The van der Waals surface area contributed by atoms with Crippen molar-refractivity contribution in [3.63, 3.8) is 0 Å². The van der Waals surface area contributed by atoms with Crippen molar-refractivity contribution in [3.8, 4) is 0 Å². The normalized spacial score (nSPS) is 27.0. The molecule has 0 aromatic rings. The minimum Gasteiger partial charge on any atom is -0.335 e. The standard InChI is InChI=1S/C13H22N2O2/c1-10-3-2-8-15(9-10)13(17)14-11-4-6-12(16)7-5-11/h10-11H,2-9H2,1H3,(H,14,17). The molecule has 2 amide bonds. The third kappa shape index (κ3) is 3.45. The van der Waals surface area contributed by atoms with Gasteiger partial charge in [0.05, 0.1) is 0 Å². The summed E-state index contributed by atoms with van der Waals surface area (Å²) in [7, 11) is 0. The molecule has 1 unspecified atom stereocenters. The quantitative estimate of drug-likeness (QED) is 0.759. The Labute approximate surface area is 103 Å². The fraction of sp³-hybridized carbons (Fsp3) is 0.846. The van der Waals surface area contributed by atoms with Crippen LogP contribution in [0.2, 0.25) is 0 Å². The molecule has 1 aliphatic carbocycles. The molecule has 4 heteroatoms. The van der Waals surface area contributed by atoms with Crippen molar-refractivity contribution in [2.45, 2.75) is 51.5 Å². The summed E-state index contributed by atoms with van der Waals surface area (Å²) in [5, 5.41) is 3.06. The van der Waals surface area contributed by atoms with Crippen molar-refractivity contribution in [2.75, 3.05) is 13.1 Å². The highest BCUT2D eigenvalue weighted by atomic mass is 16.2. The van der Waals surface area contributed by atoms with E-state index in [4.69, 9.17) is 0 Å². The van der Waals surface area contributed by atoms with Gasteiger partial charge in [0, 0.05) is 32.0 Å². The van der Waals surface area contributed by atoms with Crippen molar-refractivity contribution in [1.82, 2.24) is 10.2 Å². The number of nitrogens with zero attached hydrogens (tertiary/aromatic N) is 1. The Morgan fingerprint density at radius 1 is 1.29 bits per heavy atom. The third-order valence-electron chi connectivity index (χ3n) is 3.82. The lowest BCUT2D eigenvalue weighted by molar-refractivity contribution is -0.120. The van der Waals surface area contributed by atoms with Gasteiger partial charge in [-0.15, -0.1) is 0 Å². The average Bonchev–Trinajstić information content (AvgIpc) is 2.32. The number of piperidine rings is 1. The maximum Gasteiger partial charge on any atom is 0.317 e. The van der Waals surface area contributed by atoms with Gasteiger partial charge in [-0.3, -0.25) is 4.79 Å². The Morgan fingerprint density at radius 3 is 2.65 bits per heavy atom. The van der Waals surface area contributed by atoms with E-state index < -0.39 is 0 Å². The first-order valence-corrected chi connectivity index (χ1v) is 6.72. The Hall–Kier alpha value is -1.06. The number of nitrogens with one attached hydrogen (secondary N) is 1. The van der Waals surface area contributed by atoms with Crippen LogP contribution in [0.4, 0.5) is 4.79 Å². The fourth-order valence-corrected chi connectivity index (χ4v) is 2.72. The number of rotatable bonds is 1. The van der Waals surface area contributed by atoms with Crippen LogP contribution in [0.25, 0.3) is 0 Å². The summed E-state index contributed by atoms with van der Waals surface area (Å²) in [6.07, 6.45) is 5.21. The van der Waals surface area contributed by atoms with E-state index in [1.807, 2.05) is 4.90 Å². The summed E-state index contributed by atoms with van der Waals surface area (Å²) in [6, 6.07) is 0.272. The molecule has 2 fully saturated rings. The molecule has 0 spiro atoms. The van der Waals surface area contributed by atoms with E-state index in [0.29, 0.717) is 24.5 Å². The van der Waals surface area contributed by atoms with Gasteiger partial charge in [0.1, 0.15) is 5.78 Å². The molecule has 2 rings (SSSR count). The van der Waals surface area contributed by atoms with Crippen molar-refractivity contribution in [3.05, 3.63) is 0 Å². The summed E-state index contributed by atoms with van der Waals surface area (Å²) < 4.78 is 0. The summed E-state index contributed by atoms with van der Waals surface area (Å²) in [6.45, 7) is 3.94. The first kappa shape index (κ1) is 12.4. The Bertz CT molecular complexity index is 294. The van der Waals surface area contributed by atoms with Crippen LogP contribution in [-0.4, -0.2) is 35.8 Å². The number of hydrogen-bond acceptors (Lipinski definition) is 2. The van der Waals surface area contributed by atoms with Crippen molar-refractivity contribution in [2.24, 2.45) is 5.92 Å². The van der Waals surface area contributed by atoms with E-state index >= 15 is 0 Å². The SMILES string of the molecule is CC1CCCN(C(=O)NC2CCC(=O)CC2)C1. The molecule has 17 heavy (non-hydrogen) atoms. The summed E-state index contributed by atoms with van der Waals surface area (Å²) >= 11 is 0. The number of carbonyl (C=O) groups is 2. The molecule has 1 saturated carbocycles. The molecule has 0 bridgehead atoms. The molecule has 0 aromatic carbocycles. The predicted octanol–water partition coefficient (Wildman–Crippen LogP) is 1.94. The Kier molecular flexibility index (Phi) is 4.02. The zero-order valence-corrected chi connectivity index (χ0v) is 10.6. The highest BCUT2D eigenvalue weighted by Gasteiger charge is 2.25. The molecule has 1 saturated heterocycles. The van der Waals surface area contributed by atoms with Crippen LogP contribution in [0.3, 0.4) is 0 Å². The second-order valence-electron chi connectivity index (χ2n) is 5.46. The third-order valence-corrected chi connectivity index (χ3v) is 3.82. The molecule has 1 aliphatic heterocycles. The maximum atomic E-state index is 12.0. The molecule has 4 nitrogen and oxygen atoms in total. The second kappa shape index (κ2) is 5.52. The van der Waals surface area contributed by atoms with Gasteiger partial charge < -0.3 is 10.2 Å². The molecule has 0 aromatic heterocycles. The predicted molar refractivity (Wildman–Crippen MR) is 65.8 cm³/mol. The van der Waals surface area contributed by atoms with Gasteiger partial charge in [-0.1, -0.05) is 6.92 Å². The van der Waals surface area contributed by atoms with Crippen molar-refractivity contribution < 1.29 is 9.59 Å². The minimum atomic E-state index is 0.0656. The van der Waals surface area contributed by atoms with Crippen LogP contribution in [0, 0.1) is 5.92 Å². The van der Waals surface area contributed by atoms with Gasteiger partial charge in [-0.05, 0) is 31.6 Å². The molecular formula is C13H22N2O2. The Balaban J connectivity index is 1.78. The highest BCUT2D eigenvalue weighted by molar-refractivity contribution is 5.80. The smallest absolute Gasteiger partial charge is 0.317 e. The van der Waals surface area contributed by atoms with E-state index in [1.165, 1.54) is 6.42 Å². The summed E-state index contributed by atoms with van der Waals surface area (Å²) in [4.78, 5) is 25.1. The van der Waals surface area contributed by atoms with Crippen LogP contribution < -0.4 is 5.32 Å². The zero-order chi connectivity index (χ0) is 12.3. The number of ketones is 1. The van der Waals surface area contributed by atoms with E-state index in [0.717, 1.165) is 32.4 Å². The molecule has 1 N–H and O–H groups in total. The Morgan fingerprint density at radius 2 is 2.00 bits per heavy atom. The first-order chi connectivity index (χ1) is 8.15. The van der Waals surface area contributed by atoms with Crippen LogP contribution in [-0.2, 0) is 4.79 Å². The van der Waals surface area contributed by atoms with E-state index in [9.17, 15) is 9.59 Å². The van der Waals surface area contributed by atoms with Crippen molar-refractivity contribution in [1.29, 1.82) is 0 Å².